The van der Waals surface area contributed by atoms with E-state index >= 15 is 0 Å². The highest BCUT2D eigenvalue weighted by Gasteiger charge is 2.40. The van der Waals surface area contributed by atoms with Crippen LogP contribution in [0.1, 0.15) is 16.8 Å². The second-order valence-corrected chi connectivity index (χ2v) is 6.38. The van der Waals surface area contributed by atoms with E-state index in [4.69, 9.17) is 11.6 Å². The van der Waals surface area contributed by atoms with E-state index in [1.807, 2.05) is 0 Å². The minimum Gasteiger partial charge on any atom is -0.336 e. The fourth-order valence-corrected chi connectivity index (χ4v) is 3.53. The molecule has 5 nitrogen and oxygen atoms in total. The van der Waals surface area contributed by atoms with E-state index in [9.17, 15) is 14.4 Å². The Hall–Kier alpha value is -1.53. The van der Waals surface area contributed by atoms with E-state index in [0.29, 0.717) is 30.1 Å². The van der Waals surface area contributed by atoms with Crippen LogP contribution in [0, 0.1) is 0 Å². The lowest BCUT2D eigenvalue weighted by atomic mass is 10.2. The average molecular weight is 325 g/mol. The monoisotopic (exact) mass is 324 g/mol. The van der Waals surface area contributed by atoms with Crippen molar-refractivity contribution in [3.8, 4) is 0 Å². The Balaban J connectivity index is 1.69. The maximum Gasteiger partial charge on any atom is 0.289 e. The zero-order chi connectivity index (χ0) is 15.0. The number of benzene rings is 1. The zero-order valence-corrected chi connectivity index (χ0v) is 12.7. The van der Waals surface area contributed by atoms with E-state index in [-0.39, 0.29) is 28.8 Å². The van der Waals surface area contributed by atoms with Gasteiger partial charge in [0.25, 0.3) is 11.1 Å². The van der Waals surface area contributed by atoms with Gasteiger partial charge in [-0.05, 0) is 30.7 Å². The number of likely N-dealkylation sites (tertiary alicyclic amines) is 1. The molecule has 1 aromatic rings. The molecule has 2 aliphatic rings. The summed E-state index contributed by atoms with van der Waals surface area (Å²) < 4.78 is 0. The highest BCUT2D eigenvalue weighted by Crippen LogP contribution is 2.27. The van der Waals surface area contributed by atoms with Crippen LogP contribution in [0.25, 0.3) is 0 Å². The van der Waals surface area contributed by atoms with Crippen molar-refractivity contribution in [2.45, 2.75) is 12.5 Å². The summed E-state index contributed by atoms with van der Waals surface area (Å²) in [6.07, 6.45) is 0.636. The fraction of sp³-hybridized carbons (Fsp3) is 0.357. The molecule has 0 saturated carbocycles. The molecule has 2 saturated heterocycles. The molecule has 0 unspecified atom stereocenters. The molecule has 1 aromatic carbocycles. The van der Waals surface area contributed by atoms with E-state index in [2.05, 4.69) is 0 Å². The van der Waals surface area contributed by atoms with Crippen molar-refractivity contribution in [1.82, 2.24) is 9.80 Å². The molecule has 0 N–H and O–H groups in total. The third kappa shape index (κ3) is 2.78. The van der Waals surface area contributed by atoms with Crippen LogP contribution in [0.3, 0.4) is 0 Å². The number of imide groups is 1. The van der Waals surface area contributed by atoms with Gasteiger partial charge in [0, 0.05) is 23.7 Å². The molecule has 21 heavy (non-hydrogen) atoms. The quantitative estimate of drug-likeness (QED) is 0.837. The number of carbonyl (C=O) groups excluding carboxylic acids is 3. The number of hydrogen-bond donors (Lipinski definition) is 0. The average Bonchev–Trinajstić information content (AvgIpc) is 3.06. The van der Waals surface area contributed by atoms with Crippen molar-refractivity contribution in [3.63, 3.8) is 0 Å². The Morgan fingerprint density at radius 3 is 2.57 bits per heavy atom. The molecule has 3 amide bonds. The molecule has 2 fully saturated rings. The summed E-state index contributed by atoms with van der Waals surface area (Å²) in [5.74, 6) is -0.0443. The molecule has 0 aromatic heterocycles. The second kappa shape index (κ2) is 5.69. The molecular weight excluding hydrogens is 312 g/mol. The largest absolute Gasteiger partial charge is 0.336 e. The van der Waals surface area contributed by atoms with Crippen LogP contribution >= 0.6 is 23.4 Å². The zero-order valence-electron chi connectivity index (χ0n) is 11.1. The van der Waals surface area contributed by atoms with Crippen molar-refractivity contribution in [2.24, 2.45) is 0 Å². The van der Waals surface area contributed by atoms with Crippen molar-refractivity contribution < 1.29 is 14.4 Å². The van der Waals surface area contributed by atoms with Crippen LogP contribution in [-0.4, -0.2) is 51.7 Å². The van der Waals surface area contributed by atoms with Crippen LogP contribution in [0.4, 0.5) is 4.79 Å². The lowest BCUT2D eigenvalue weighted by molar-refractivity contribution is -0.126. The van der Waals surface area contributed by atoms with E-state index < -0.39 is 0 Å². The van der Waals surface area contributed by atoms with Gasteiger partial charge in [-0.1, -0.05) is 23.4 Å². The van der Waals surface area contributed by atoms with Crippen LogP contribution in [0.5, 0.6) is 0 Å². The first kappa shape index (κ1) is 14.4. The van der Waals surface area contributed by atoms with E-state index in [1.54, 1.807) is 29.2 Å². The first-order chi connectivity index (χ1) is 10.1. The van der Waals surface area contributed by atoms with Gasteiger partial charge in [-0.2, -0.15) is 0 Å². The lowest BCUT2D eigenvalue weighted by Gasteiger charge is -2.22. The Morgan fingerprint density at radius 1 is 1.24 bits per heavy atom. The smallest absolute Gasteiger partial charge is 0.289 e. The SMILES string of the molecule is O=C(c1ccc(Cl)cc1)N1CC[C@H](N2C(=O)CSC2=O)C1. The van der Waals surface area contributed by atoms with Crippen LogP contribution in [-0.2, 0) is 4.79 Å². The molecule has 2 heterocycles. The molecule has 7 heteroatoms. The normalized spacial score (nSPS) is 22.2. The first-order valence-corrected chi connectivity index (χ1v) is 7.96. The molecule has 110 valence electrons. The summed E-state index contributed by atoms with van der Waals surface area (Å²) >= 11 is 6.84. The summed E-state index contributed by atoms with van der Waals surface area (Å²) in [6.45, 7) is 0.952. The third-order valence-electron chi connectivity index (χ3n) is 3.69. The summed E-state index contributed by atoms with van der Waals surface area (Å²) in [7, 11) is 0. The van der Waals surface area contributed by atoms with Crippen molar-refractivity contribution in [3.05, 3.63) is 34.9 Å². The summed E-state index contributed by atoms with van der Waals surface area (Å²) in [4.78, 5) is 38.8. The molecule has 0 spiro atoms. The number of carbonyl (C=O) groups is 3. The number of nitrogens with zero attached hydrogens (tertiary/aromatic N) is 2. The summed E-state index contributed by atoms with van der Waals surface area (Å²) in [5.41, 5.74) is 0.563. The lowest BCUT2D eigenvalue weighted by Crippen LogP contribution is -2.41. The highest BCUT2D eigenvalue weighted by molar-refractivity contribution is 8.14. The summed E-state index contributed by atoms with van der Waals surface area (Å²) in [6, 6.07) is 6.51. The van der Waals surface area contributed by atoms with Crippen molar-refractivity contribution >= 4 is 40.4 Å². The Kier molecular flexibility index (Phi) is 3.91. The maximum absolute atomic E-state index is 12.4. The van der Waals surface area contributed by atoms with Gasteiger partial charge in [0.15, 0.2) is 0 Å². The minimum absolute atomic E-state index is 0.0964. The van der Waals surface area contributed by atoms with Gasteiger partial charge in [0.1, 0.15) is 0 Å². The first-order valence-electron chi connectivity index (χ1n) is 6.60. The van der Waals surface area contributed by atoms with Gasteiger partial charge in [-0.3, -0.25) is 19.3 Å². The number of thioether (sulfide) groups is 1. The van der Waals surface area contributed by atoms with Gasteiger partial charge in [0.05, 0.1) is 11.8 Å². The predicted octanol–water partition coefficient (Wildman–Crippen LogP) is 2.25. The van der Waals surface area contributed by atoms with Crippen LogP contribution in [0.15, 0.2) is 24.3 Å². The Labute approximate surface area is 131 Å². The topological polar surface area (TPSA) is 57.7 Å². The van der Waals surface area contributed by atoms with Gasteiger partial charge >= 0.3 is 0 Å². The highest BCUT2D eigenvalue weighted by atomic mass is 35.5. The number of rotatable bonds is 2. The van der Waals surface area contributed by atoms with Gasteiger partial charge < -0.3 is 4.90 Å². The van der Waals surface area contributed by atoms with Crippen LogP contribution < -0.4 is 0 Å². The van der Waals surface area contributed by atoms with E-state index in [0.717, 1.165) is 11.8 Å². The summed E-state index contributed by atoms with van der Waals surface area (Å²) in [5, 5.41) is 0.377. The number of amides is 3. The molecule has 0 radical (unpaired) electrons. The van der Waals surface area contributed by atoms with Crippen molar-refractivity contribution in [2.75, 3.05) is 18.8 Å². The predicted molar refractivity (Wildman–Crippen MR) is 80.5 cm³/mol. The second-order valence-electron chi connectivity index (χ2n) is 5.02. The molecule has 0 aliphatic carbocycles. The van der Waals surface area contributed by atoms with Gasteiger partial charge in [-0.15, -0.1) is 0 Å². The Bertz CT molecular complexity index is 589. The standard InChI is InChI=1S/C14H13ClN2O3S/c15-10-3-1-9(2-4-10)13(19)16-6-5-11(7-16)17-12(18)8-21-14(17)20/h1-4,11H,5-8H2/t11-/m0/s1. The molecule has 1 atom stereocenters. The van der Waals surface area contributed by atoms with Gasteiger partial charge in [-0.25, -0.2) is 0 Å². The number of hydrogen-bond acceptors (Lipinski definition) is 4. The van der Waals surface area contributed by atoms with Crippen LogP contribution in [0.2, 0.25) is 5.02 Å². The maximum atomic E-state index is 12.4. The molecule has 0 bridgehead atoms. The molecular formula is C14H13ClN2O3S. The third-order valence-corrected chi connectivity index (χ3v) is 4.78. The Morgan fingerprint density at radius 2 is 1.95 bits per heavy atom. The fourth-order valence-electron chi connectivity index (χ4n) is 2.63. The molecule has 3 rings (SSSR count). The number of halogens is 1. The minimum atomic E-state index is -0.203. The molecule has 2 aliphatic heterocycles. The van der Waals surface area contributed by atoms with E-state index in [1.165, 1.54) is 4.90 Å². The van der Waals surface area contributed by atoms with Gasteiger partial charge in [0.2, 0.25) is 5.91 Å². The van der Waals surface area contributed by atoms with Crippen molar-refractivity contribution in [1.29, 1.82) is 0 Å².